The van der Waals surface area contributed by atoms with Crippen LogP contribution in [0.3, 0.4) is 0 Å². The van der Waals surface area contributed by atoms with Crippen LogP contribution in [-0.4, -0.2) is 19.5 Å². The first-order valence-corrected chi connectivity index (χ1v) is 6.09. The molecule has 3 nitrogen and oxygen atoms in total. The summed E-state index contributed by atoms with van der Waals surface area (Å²) in [5.41, 5.74) is 2.34. The third-order valence-corrected chi connectivity index (χ3v) is 2.88. The maximum atomic E-state index is 11.4. The maximum Gasteiger partial charge on any atom is 0.221 e. The van der Waals surface area contributed by atoms with Crippen molar-refractivity contribution in [1.82, 2.24) is 10.6 Å². The third kappa shape index (κ3) is 4.33. The number of amides is 1. The fraction of sp³-hybridized carbons (Fsp3) is 0.417. The Labute approximate surface area is 105 Å². The smallest absolute Gasteiger partial charge is 0.221 e. The van der Waals surface area contributed by atoms with Gasteiger partial charge in [0.05, 0.1) is 0 Å². The Morgan fingerprint density at radius 1 is 1.44 bits per heavy atom. The van der Waals surface area contributed by atoms with Crippen LogP contribution in [-0.2, 0) is 11.3 Å². The van der Waals surface area contributed by atoms with Crippen LogP contribution in [0.15, 0.2) is 22.7 Å². The van der Waals surface area contributed by atoms with Crippen molar-refractivity contribution in [1.29, 1.82) is 0 Å². The molecule has 2 N–H and O–H groups in total. The van der Waals surface area contributed by atoms with E-state index in [0.717, 1.165) is 10.0 Å². The van der Waals surface area contributed by atoms with E-state index in [9.17, 15) is 4.79 Å². The van der Waals surface area contributed by atoms with Crippen LogP contribution in [0.5, 0.6) is 0 Å². The monoisotopic (exact) mass is 284 g/mol. The molecule has 0 aliphatic rings. The summed E-state index contributed by atoms with van der Waals surface area (Å²) in [4.78, 5) is 11.4. The van der Waals surface area contributed by atoms with Crippen LogP contribution in [0.1, 0.15) is 17.5 Å². The Bertz CT molecular complexity index is 366. The van der Waals surface area contributed by atoms with Gasteiger partial charge in [0.15, 0.2) is 0 Å². The van der Waals surface area contributed by atoms with E-state index >= 15 is 0 Å². The van der Waals surface area contributed by atoms with E-state index in [-0.39, 0.29) is 5.91 Å². The molecular weight excluding hydrogens is 268 g/mol. The maximum absolute atomic E-state index is 11.4. The number of halogens is 1. The van der Waals surface area contributed by atoms with Gasteiger partial charge < -0.3 is 10.6 Å². The number of carbonyl (C=O) groups excluding carboxylic acids is 1. The average Bonchev–Trinajstić information content (AvgIpc) is 2.25. The first-order valence-electron chi connectivity index (χ1n) is 5.30. The highest BCUT2D eigenvalue weighted by Crippen LogP contribution is 2.15. The molecule has 0 aliphatic heterocycles. The predicted molar refractivity (Wildman–Crippen MR) is 69.3 cm³/mol. The van der Waals surface area contributed by atoms with Crippen molar-refractivity contribution >= 4 is 21.8 Å². The van der Waals surface area contributed by atoms with Crippen LogP contribution in [0, 0.1) is 6.92 Å². The molecule has 1 rings (SSSR count). The number of hydrogen-bond donors (Lipinski definition) is 2. The van der Waals surface area contributed by atoms with Crippen LogP contribution < -0.4 is 10.6 Å². The van der Waals surface area contributed by atoms with Crippen LogP contribution in [0.4, 0.5) is 0 Å². The fourth-order valence-electron chi connectivity index (χ4n) is 1.38. The van der Waals surface area contributed by atoms with E-state index in [1.54, 1.807) is 0 Å². The van der Waals surface area contributed by atoms with Crippen molar-refractivity contribution < 1.29 is 4.79 Å². The molecule has 0 saturated carbocycles. The van der Waals surface area contributed by atoms with Gasteiger partial charge in [0.2, 0.25) is 5.91 Å². The largest absolute Gasteiger partial charge is 0.352 e. The summed E-state index contributed by atoms with van der Waals surface area (Å²) in [6.07, 6.45) is 0.520. The number of hydrogen-bond acceptors (Lipinski definition) is 2. The summed E-state index contributed by atoms with van der Waals surface area (Å²) < 4.78 is 1.07. The van der Waals surface area contributed by atoms with Gasteiger partial charge in [-0.25, -0.2) is 0 Å². The second-order valence-electron chi connectivity index (χ2n) is 3.70. The van der Waals surface area contributed by atoms with Gasteiger partial charge in [0, 0.05) is 24.0 Å². The van der Waals surface area contributed by atoms with Gasteiger partial charge in [-0.05, 0) is 37.2 Å². The van der Waals surface area contributed by atoms with Crippen LogP contribution >= 0.6 is 15.9 Å². The van der Waals surface area contributed by atoms with Crippen molar-refractivity contribution in [3.05, 3.63) is 33.8 Å². The minimum Gasteiger partial charge on any atom is -0.352 e. The van der Waals surface area contributed by atoms with Crippen molar-refractivity contribution in [2.45, 2.75) is 19.9 Å². The SMILES string of the molecule is CNCCC(=O)NCc1ccc(Br)cc1C. The Hall–Kier alpha value is -0.870. The van der Waals surface area contributed by atoms with Crippen LogP contribution in [0.25, 0.3) is 0 Å². The molecule has 88 valence electrons. The molecule has 0 bridgehead atoms. The molecule has 1 aromatic carbocycles. The summed E-state index contributed by atoms with van der Waals surface area (Å²) in [5, 5.41) is 5.85. The number of carbonyl (C=O) groups is 1. The zero-order valence-corrected chi connectivity index (χ0v) is 11.2. The highest BCUT2D eigenvalue weighted by molar-refractivity contribution is 9.10. The summed E-state index contributed by atoms with van der Waals surface area (Å²) in [7, 11) is 1.84. The van der Waals surface area contributed by atoms with Gasteiger partial charge in [-0.3, -0.25) is 4.79 Å². The van der Waals surface area contributed by atoms with Gasteiger partial charge in [-0.1, -0.05) is 22.0 Å². The fourth-order valence-corrected chi connectivity index (χ4v) is 1.85. The van der Waals surface area contributed by atoms with Gasteiger partial charge in [-0.2, -0.15) is 0 Å². The summed E-state index contributed by atoms with van der Waals surface area (Å²) in [6.45, 7) is 3.35. The molecule has 0 fully saturated rings. The minimum atomic E-state index is 0.0802. The van der Waals surface area contributed by atoms with Gasteiger partial charge in [0.1, 0.15) is 0 Å². The highest BCUT2D eigenvalue weighted by atomic mass is 79.9. The first kappa shape index (κ1) is 13.2. The van der Waals surface area contributed by atoms with Crippen molar-refractivity contribution in [3.8, 4) is 0 Å². The molecule has 16 heavy (non-hydrogen) atoms. The van der Waals surface area contributed by atoms with Crippen molar-refractivity contribution in [2.75, 3.05) is 13.6 Å². The van der Waals surface area contributed by atoms with Crippen LogP contribution in [0.2, 0.25) is 0 Å². The normalized spacial score (nSPS) is 10.2. The molecule has 1 amide bonds. The molecule has 0 aromatic heterocycles. The van der Waals surface area contributed by atoms with E-state index in [1.807, 2.05) is 26.1 Å². The molecule has 0 spiro atoms. The predicted octanol–water partition coefficient (Wildman–Crippen LogP) is 1.98. The van der Waals surface area contributed by atoms with Gasteiger partial charge in [0.25, 0.3) is 0 Å². The second-order valence-corrected chi connectivity index (χ2v) is 4.62. The second kappa shape index (κ2) is 6.66. The Morgan fingerprint density at radius 3 is 2.81 bits per heavy atom. The van der Waals surface area contributed by atoms with E-state index in [0.29, 0.717) is 19.5 Å². The molecule has 0 atom stereocenters. The lowest BCUT2D eigenvalue weighted by molar-refractivity contribution is -0.121. The minimum absolute atomic E-state index is 0.0802. The molecule has 0 heterocycles. The summed E-state index contributed by atoms with van der Waals surface area (Å²) >= 11 is 3.41. The quantitative estimate of drug-likeness (QED) is 0.868. The topological polar surface area (TPSA) is 41.1 Å². The lowest BCUT2D eigenvalue weighted by atomic mass is 10.1. The molecular formula is C12H17BrN2O. The third-order valence-electron chi connectivity index (χ3n) is 2.38. The summed E-state index contributed by atoms with van der Waals surface area (Å²) in [6, 6.07) is 6.06. The standard InChI is InChI=1S/C12H17BrN2O/c1-9-7-11(13)4-3-10(9)8-15-12(16)5-6-14-2/h3-4,7,14H,5-6,8H2,1-2H3,(H,15,16). The Balaban J connectivity index is 2.45. The molecule has 0 aliphatic carbocycles. The zero-order chi connectivity index (χ0) is 12.0. The molecule has 4 heteroatoms. The lowest BCUT2D eigenvalue weighted by Gasteiger charge is -2.08. The van der Waals surface area contributed by atoms with E-state index in [2.05, 4.69) is 32.6 Å². The van der Waals surface area contributed by atoms with E-state index in [1.165, 1.54) is 5.56 Å². The van der Waals surface area contributed by atoms with Gasteiger partial charge in [-0.15, -0.1) is 0 Å². The molecule has 0 saturated heterocycles. The van der Waals surface area contributed by atoms with E-state index in [4.69, 9.17) is 0 Å². The number of aryl methyl sites for hydroxylation is 1. The highest BCUT2D eigenvalue weighted by Gasteiger charge is 2.02. The average molecular weight is 285 g/mol. The molecule has 0 unspecified atom stereocenters. The Kier molecular flexibility index (Phi) is 5.49. The number of rotatable bonds is 5. The number of benzene rings is 1. The zero-order valence-electron chi connectivity index (χ0n) is 9.64. The van der Waals surface area contributed by atoms with Gasteiger partial charge >= 0.3 is 0 Å². The summed E-state index contributed by atoms with van der Waals surface area (Å²) in [5.74, 6) is 0.0802. The molecule has 0 radical (unpaired) electrons. The lowest BCUT2D eigenvalue weighted by Crippen LogP contribution is -2.26. The van der Waals surface area contributed by atoms with Crippen molar-refractivity contribution in [2.24, 2.45) is 0 Å². The Morgan fingerprint density at radius 2 is 2.19 bits per heavy atom. The van der Waals surface area contributed by atoms with E-state index < -0.39 is 0 Å². The van der Waals surface area contributed by atoms with Crippen molar-refractivity contribution in [3.63, 3.8) is 0 Å². The number of nitrogens with one attached hydrogen (secondary N) is 2. The molecule has 1 aromatic rings. The first-order chi connectivity index (χ1) is 7.63.